The van der Waals surface area contributed by atoms with Gasteiger partial charge in [-0.3, -0.25) is 15.1 Å². The van der Waals surface area contributed by atoms with Gasteiger partial charge in [0.15, 0.2) is 5.84 Å². The molecule has 0 aliphatic carbocycles. The Balaban J connectivity index is 2.79. The molecule has 66 valence electrons. The molecule has 3 N–H and O–H groups in total. The molecule has 1 unspecified atom stereocenters. The summed E-state index contributed by atoms with van der Waals surface area (Å²) in [6.07, 6.45) is 1.75. The van der Waals surface area contributed by atoms with Crippen molar-refractivity contribution in [3.05, 3.63) is 21.9 Å². The minimum Gasteiger partial charge on any atom is -0.394 e. The number of aliphatic imine (C=N–C) groups is 1. The van der Waals surface area contributed by atoms with Gasteiger partial charge in [0.05, 0.1) is 17.6 Å². The number of dihydropyridines is 1. The highest BCUT2D eigenvalue weighted by molar-refractivity contribution is 5.95. The number of rotatable bonds is 2. The van der Waals surface area contributed by atoms with Crippen LogP contribution in [0.2, 0.25) is 0 Å². The summed E-state index contributed by atoms with van der Waals surface area (Å²) in [7, 11) is 0. The zero-order valence-corrected chi connectivity index (χ0v) is 6.30. The van der Waals surface area contributed by atoms with E-state index in [2.05, 4.69) is 4.99 Å². The van der Waals surface area contributed by atoms with Crippen LogP contribution in [0.3, 0.4) is 0 Å². The van der Waals surface area contributed by atoms with Crippen molar-refractivity contribution in [3.63, 3.8) is 0 Å². The van der Waals surface area contributed by atoms with Crippen molar-refractivity contribution in [2.24, 2.45) is 10.7 Å². The van der Waals surface area contributed by atoms with Gasteiger partial charge >= 0.3 is 5.70 Å². The highest BCUT2D eigenvalue weighted by Gasteiger charge is 2.22. The average molecular weight is 171 g/mol. The van der Waals surface area contributed by atoms with Crippen LogP contribution in [-0.4, -0.2) is 28.5 Å². The van der Waals surface area contributed by atoms with Gasteiger partial charge in [0.1, 0.15) is 0 Å². The third-order valence-corrected chi connectivity index (χ3v) is 1.57. The molecule has 1 aliphatic heterocycles. The lowest BCUT2D eigenvalue weighted by Gasteiger charge is -2.11. The van der Waals surface area contributed by atoms with Gasteiger partial charge < -0.3 is 10.8 Å². The molecular weight excluding hydrogens is 162 g/mol. The Labute approximate surface area is 68.6 Å². The Bertz CT molecular complexity index is 259. The van der Waals surface area contributed by atoms with Crippen molar-refractivity contribution in [2.45, 2.75) is 12.5 Å². The van der Waals surface area contributed by atoms with Crippen molar-refractivity contribution in [1.82, 2.24) is 0 Å². The summed E-state index contributed by atoms with van der Waals surface area (Å²) in [5.41, 5.74) is 5.11. The molecule has 1 aliphatic rings. The Hall–Kier alpha value is -1.43. The summed E-state index contributed by atoms with van der Waals surface area (Å²) in [4.78, 5) is 13.4. The molecule has 6 nitrogen and oxygen atoms in total. The monoisotopic (exact) mass is 171 g/mol. The first-order valence-electron chi connectivity index (χ1n) is 3.44. The summed E-state index contributed by atoms with van der Waals surface area (Å²) in [5, 5.41) is 18.9. The summed E-state index contributed by atoms with van der Waals surface area (Å²) in [6, 6.07) is -0.325. The minimum absolute atomic E-state index is 0.106. The first-order chi connectivity index (χ1) is 5.65. The van der Waals surface area contributed by atoms with E-state index in [9.17, 15) is 10.1 Å². The average Bonchev–Trinajstić information content (AvgIpc) is 2.03. The lowest BCUT2D eigenvalue weighted by molar-refractivity contribution is -0.415. The van der Waals surface area contributed by atoms with Crippen LogP contribution in [-0.2, 0) is 0 Å². The van der Waals surface area contributed by atoms with E-state index in [0.29, 0.717) is 6.42 Å². The van der Waals surface area contributed by atoms with Crippen LogP contribution >= 0.6 is 0 Å². The first kappa shape index (κ1) is 8.66. The van der Waals surface area contributed by atoms with Crippen molar-refractivity contribution in [3.8, 4) is 0 Å². The maximum atomic E-state index is 10.3. The molecule has 6 heteroatoms. The zero-order valence-electron chi connectivity index (χ0n) is 6.30. The minimum atomic E-state index is -0.577. The third kappa shape index (κ3) is 1.59. The number of nitro groups is 1. The highest BCUT2D eigenvalue weighted by Crippen LogP contribution is 2.10. The number of aliphatic hydroxyl groups excluding tert-OH is 1. The molecular formula is C6H9N3O3. The van der Waals surface area contributed by atoms with Gasteiger partial charge in [-0.05, 0) is 12.5 Å². The molecule has 12 heavy (non-hydrogen) atoms. The molecule has 1 atom stereocenters. The molecule has 0 aromatic rings. The van der Waals surface area contributed by atoms with Crippen molar-refractivity contribution in [1.29, 1.82) is 0 Å². The second-order valence-corrected chi connectivity index (χ2v) is 2.43. The van der Waals surface area contributed by atoms with Gasteiger partial charge in [0.25, 0.3) is 0 Å². The summed E-state index contributed by atoms with van der Waals surface area (Å²) >= 11 is 0. The molecule has 0 radical (unpaired) electrons. The second-order valence-electron chi connectivity index (χ2n) is 2.43. The molecule has 0 amide bonds. The van der Waals surface area contributed by atoms with E-state index < -0.39 is 4.92 Å². The topological polar surface area (TPSA) is 102 Å². The van der Waals surface area contributed by atoms with Crippen molar-refractivity contribution in [2.75, 3.05) is 6.61 Å². The predicted octanol–water partition coefficient (Wildman–Crippen LogP) is -0.731. The van der Waals surface area contributed by atoms with Gasteiger partial charge in [-0.25, -0.2) is 0 Å². The maximum Gasteiger partial charge on any atom is 0.306 e. The Kier molecular flexibility index (Phi) is 2.39. The quantitative estimate of drug-likeness (QED) is 0.422. The fourth-order valence-electron chi connectivity index (χ4n) is 0.951. The Morgan fingerprint density at radius 1 is 1.92 bits per heavy atom. The normalized spacial score (nSPS) is 22.9. The number of nitrogens with zero attached hydrogens (tertiary/aromatic N) is 2. The van der Waals surface area contributed by atoms with Crippen LogP contribution in [0.5, 0.6) is 0 Å². The number of amidine groups is 1. The summed E-state index contributed by atoms with van der Waals surface area (Å²) < 4.78 is 0. The second kappa shape index (κ2) is 3.31. The van der Waals surface area contributed by atoms with Crippen LogP contribution in [0.25, 0.3) is 0 Å². The van der Waals surface area contributed by atoms with E-state index in [-0.39, 0.29) is 24.2 Å². The molecule has 1 rings (SSSR count). The molecule has 0 saturated heterocycles. The molecule has 0 saturated carbocycles. The van der Waals surface area contributed by atoms with Gasteiger partial charge in [-0.1, -0.05) is 0 Å². The van der Waals surface area contributed by atoms with E-state index in [1.54, 1.807) is 0 Å². The largest absolute Gasteiger partial charge is 0.394 e. The molecule has 1 heterocycles. The van der Waals surface area contributed by atoms with Crippen LogP contribution < -0.4 is 5.73 Å². The van der Waals surface area contributed by atoms with Gasteiger partial charge in [0.2, 0.25) is 0 Å². The predicted molar refractivity (Wildman–Crippen MR) is 42.2 cm³/mol. The van der Waals surface area contributed by atoms with Crippen LogP contribution in [0.1, 0.15) is 6.42 Å². The fourth-order valence-corrected chi connectivity index (χ4v) is 0.951. The molecule has 0 fully saturated rings. The maximum absolute atomic E-state index is 10.3. The number of aliphatic hydroxyl groups is 1. The van der Waals surface area contributed by atoms with E-state index in [4.69, 9.17) is 10.8 Å². The molecule has 0 spiro atoms. The SMILES string of the molecule is NC1=NC(CO)CC=C1[N+](=O)[O-]. The lowest BCUT2D eigenvalue weighted by atomic mass is 10.1. The number of hydrogen-bond donors (Lipinski definition) is 2. The third-order valence-electron chi connectivity index (χ3n) is 1.57. The highest BCUT2D eigenvalue weighted by atomic mass is 16.6. The smallest absolute Gasteiger partial charge is 0.306 e. The van der Waals surface area contributed by atoms with Gasteiger partial charge in [-0.2, -0.15) is 0 Å². The lowest BCUT2D eigenvalue weighted by Crippen LogP contribution is -2.28. The van der Waals surface area contributed by atoms with Crippen molar-refractivity contribution < 1.29 is 10.0 Å². The first-order valence-corrected chi connectivity index (χ1v) is 3.44. The summed E-state index contributed by atoms with van der Waals surface area (Å²) in [5.74, 6) is -0.106. The number of hydrogen-bond acceptors (Lipinski definition) is 5. The standard InChI is InChI=1S/C6H9N3O3/c7-6-5(9(11)12)2-1-4(3-10)8-6/h2,4,10H,1,3H2,(H2,7,8). The van der Waals surface area contributed by atoms with E-state index >= 15 is 0 Å². The van der Waals surface area contributed by atoms with Crippen LogP contribution in [0, 0.1) is 10.1 Å². The summed E-state index contributed by atoms with van der Waals surface area (Å²) in [6.45, 7) is -0.137. The molecule has 0 aromatic heterocycles. The zero-order chi connectivity index (χ0) is 9.14. The Morgan fingerprint density at radius 3 is 3.00 bits per heavy atom. The molecule has 0 bridgehead atoms. The van der Waals surface area contributed by atoms with Gasteiger partial charge in [-0.15, -0.1) is 0 Å². The molecule has 0 aromatic carbocycles. The van der Waals surface area contributed by atoms with E-state index in [0.717, 1.165) is 0 Å². The van der Waals surface area contributed by atoms with Crippen molar-refractivity contribution >= 4 is 5.84 Å². The van der Waals surface area contributed by atoms with Gasteiger partial charge in [0, 0.05) is 0 Å². The van der Waals surface area contributed by atoms with E-state index in [1.807, 2.05) is 0 Å². The fraction of sp³-hybridized carbons (Fsp3) is 0.500. The van der Waals surface area contributed by atoms with Crippen LogP contribution in [0.15, 0.2) is 16.8 Å². The number of nitrogens with two attached hydrogens (primary N) is 1. The van der Waals surface area contributed by atoms with Crippen LogP contribution in [0.4, 0.5) is 0 Å². The Morgan fingerprint density at radius 2 is 2.58 bits per heavy atom. The van der Waals surface area contributed by atoms with E-state index in [1.165, 1.54) is 6.08 Å².